The Hall–Kier alpha value is -2.49. The molecule has 2 aromatic carbocycles. The van der Waals surface area contributed by atoms with Gasteiger partial charge < -0.3 is 14.2 Å². The molecule has 0 N–H and O–H groups in total. The van der Waals surface area contributed by atoms with Gasteiger partial charge in [0.1, 0.15) is 0 Å². The molecule has 22 heavy (non-hydrogen) atoms. The zero-order chi connectivity index (χ0) is 15.7. The third-order valence-corrected chi connectivity index (χ3v) is 4.03. The third-order valence-electron chi connectivity index (χ3n) is 4.03. The molecule has 4 nitrogen and oxygen atoms in total. The van der Waals surface area contributed by atoms with Crippen LogP contribution in [0.3, 0.4) is 0 Å². The maximum absolute atomic E-state index is 11.7. The van der Waals surface area contributed by atoms with Gasteiger partial charge in [0.15, 0.2) is 17.3 Å². The first-order valence-electron chi connectivity index (χ1n) is 7.14. The van der Waals surface area contributed by atoms with Crippen LogP contribution in [0.15, 0.2) is 30.3 Å². The van der Waals surface area contributed by atoms with Gasteiger partial charge in [-0.15, -0.1) is 0 Å². The smallest absolute Gasteiger partial charge is 0.203 e. The number of carbonyl (C=O) groups excluding carboxylic acids is 1. The fourth-order valence-electron chi connectivity index (χ4n) is 2.88. The van der Waals surface area contributed by atoms with E-state index in [1.165, 1.54) is 0 Å². The lowest BCUT2D eigenvalue weighted by molar-refractivity contribution is 0.0994. The fourth-order valence-corrected chi connectivity index (χ4v) is 2.88. The van der Waals surface area contributed by atoms with Crippen LogP contribution in [0.1, 0.15) is 22.3 Å². The van der Waals surface area contributed by atoms with Crippen LogP contribution in [0, 0.1) is 0 Å². The molecular weight excluding hydrogens is 280 g/mol. The van der Waals surface area contributed by atoms with E-state index in [2.05, 4.69) is 6.07 Å². The number of ether oxygens (including phenoxy) is 3. The topological polar surface area (TPSA) is 44.8 Å². The number of Topliss-reactive ketones (excluding diaryl/α,β-unsaturated/α-hetero) is 1. The molecule has 0 spiro atoms. The van der Waals surface area contributed by atoms with Crippen LogP contribution in [0.25, 0.3) is 11.1 Å². The van der Waals surface area contributed by atoms with E-state index in [-0.39, 0.29) is 5.78 Å². The SMILES string of the molecule is COc1cc(-c2ccc3c(c2)CCC3=O)cc(OC)c1OC. The van der Waals surface area contributed by atoms with E-state index in [1.54, 1.807) is 21.3 Å². The van der Waals surface area contributed by atoms with Crippen molar-refractivity contribution in [3.05, 3.63) is 41.5 Å². The van der Waals surface area contributed by atoms with Gasteiger partial charge in [0.2, 0.25) is 5.75 Å². The van der Waals surface area contributed by atoms with Crippen molar-refractivity contribution in [2.24, 2.45) is 0 Å². The maximum atomic E-state index is 11.7. The van der Waals surface area contributed by atoms with Crippen molar-refractivity contribution >= 4 is 5.78 Å². The summed E-state index contributed by atoms with van der Waals surface area (Å²) in [5.41, 5.74) is 3.96. The van der Waals surface area contributed by atoms with Crippen molar-refractivity contribution in [2.75, 3.05) is 21.3 Å². The second kappa shape index (κ2) is 5.72. The average Bonchev–Trinajstić information content (AvgIpc) is 2.94. The minimum absolute atomic E-state index is 0.228. The monoisotopic (exact) mass is 298 g/mol. The standard InChI is InChI=1S/C18H18O4/c1-20-16-9-13(10-17(21-2)18(16)22-3)11-4-6-14-12(8-11)5-7-15(14)19/h4,6,8-10H,5,7H2,1-3H3. The lowest BCUT2D eigenvalue weighted by Crippen LogP contribution is -1.96. The predicted molar refractivity (Wildman–Crippen MR) is 84.2 cm³/mol. The van der Waals surface area contributed by atoms with Crippen molar-refractivity contribution in [1.82, 2.24) is 0 Å². The molecule has 0 saturated carbocycles. The number of hydrogen-bond donors (Lipinski definition) is 0. The molecule has 1 aliphatic rings. The molecule has 0 atom stereocenters. The molecule has 0 unspecified atom stereocenters. The van der Waals surface area contributed by atoms with Gasteiger partial charge in [0.25, 0.3) is 0 Å². The first kappa shape index (κ1) is 14.4. The molecule has 0 saturated heterocycles. The summed E-state index contributed by atoms with van der Waals surface area (Å²) in [6.45, 7) is 0. The van der Waals surface area contributed by atoms with Crippen LogP contribution in [0.5, 0.6) is 17.2 Å². The van der Waals surface area contributed by atoms with Crippen LogP contribution in [-0.4, -0.2) is 27.1 Å². The first-order valence-corrected chi connectivity index (χ1v) is 7.14. The quantitative estimate of drug-likeness (QED) is 0.866. The molecule has 114 valence electrons. The fraction of sp³-hybridized carbons (Fsp3) is 0.278. The molecular formula is C18H18O4. The van der Waals surface area contributed by atoms with E-state index in [9.17, 15) is 4.79 Å². The van der Waals surface area contributed by atoms with Gasteiger partial charge in [-0.05, 0) is 35.2 Å². The number of carbonyl (C=O) groups is 1. The number of fused-ring (bicyclic) bond motifs is 1. The van der Waals surface area contributed by atoms with E-state index in [0.717, 1.165) is 28.7 Å². The maximum Gasteiger partial charge on any atom is 0.203 e. The molecule has 0 aliphatic heterocycles. The minimum atomic E-state index is 0.228. The van der Waals surface area contributed by atoms with Gasteiger partial charge >= 0.3 is 0 Å². The van der Waals surface area contributed by atoms with Crippen molar-refractivity contribution in [3.63, 3.8) is 0 Å². The van der Waals surface area contributed by atoms with Gasteiger partial charge in [0, 0.05) is 12.0 Å². The Bertz CT molecular complexity index is 709. The number of hydrogen-bond acceptors (Lipinski definition) is 4. The van der Waals surface area contributed by atoms with Crippen LogP contribution in [0.2, 0.25) is 0 Å². The van der Waals surface area contributed by atoms with E-state index >= 15 is 0 Å². The Balaban J connectivity index is 2.10. The summed E-state index contributed by atoms with van der Waals surface area (Å²) in [6, 6.07) is 9.77. The Morgan fingerprint density at radius 1 is 0.818 bits per heavy atom. The van der Waals surface area contributed by atoms with Gasteiger partial charge in [-0.3, -0.25) is 4.79 Å². The van der Waals surface area contributed by atoms with E-state index < -0.39 is 0 Å². The molecule has 0 radical (unpaired) electrons. The van der Waals surface area contributed by atoms with Crippen LogP contribution < -0.4 is 14.2 Å². The summed E-state index contributed by atoms with van der Waals surface area (Å²) in [6.07, 6.45) is 1.42. The summed E-state index contributed by atoms with van der Waals surface area (Å²) < 4.78 is 16.1. The summed E-state index contributed by atoms with van der Waals surface area (Å²) in [4.78, 5) is 11.7. The van der Waals surface area contributed by atoms with Crippen molar-refractivity contribution in [3.8, 4) is 28.4 Å². The molecule has 0 amide bonds. The van der Waals surface area contributed by atoms with Crippen LogP contribution >= 0.6 is 0 Å². The molecule has 0 bridgehead atoms. The highest BCUT2D eigenvalue weighted by molar-refractivity contribution is 6.01. The predicted octanol–water partition coefficient (Wildman–Crippen LogP) is 3.51. The zero-order valence-electron chi connectivity index (χ0n) is 12.9. The normalized spacial score (nSPS) is 13.0. The van der Waals surface area contributed by atoms with Crippen molar-refractivity contribution < 1.29 is 19.0 Å². The number of rotatable bonds is 4. The Kier molecular flexibility index (Phi) is 3.75. The number of methoxy groups -OCH3 is 3. The van der Waals surface area contributed by atoms with E-state index in [0.29, 0.717) is 23.7 Å². The van der Waals surface area contributed by atoms with Crippen molar-refractivity contribution in [2.45, 2.75) is 12.8 Å². The van der Waals surface area contributed by atoms with Crippen molar-refractivity contribution in [1.29, 1.82) is 0 Å². The largest absolute Gasteiger partial charge is 0.493 e. The van der Waals surface area contributed by atoms with Crippen LogP contribution in [0.4, 0.5) is 0 Å². The number of aryl methyl sites for hydroxylation is 1. The second-order valence-electron chi connectivity index (χ2n) is 5.21. The van der Waals surface area contributed by atoms with Gasteiger partial charge in [0.05, 0.1) is 21.3 Å². The first-order chi connectivity index (χ1) is 10.7. The summed E-state index contributed by atoms with van der Waals surface area (Å²) >= 11 is 0. The number of benzene rings is 2. The molecule has 1 aliphatic carbocycles. The molecule has 2 aromatic rings. The molecule has 4 heteroatoms. The Morgan fingerprint density at radius 3 is 2.09 bits per heavy atom. The molecule has 0 heterocycles. The van der Waals surface area contributed by atoms with Gasteiger partial charge in [-0.25, -0.2) is 0 Å². The number of ketones is 1. The molecule has 0 fully saturated rings. The lowest BCUT2D eigenvalue weighted by Gasteiger charge is -2.14. The average molecular weight is 298 g/mol. The summed E-state index contributed by atoms with van der Waals surface area (Å²) in [5, 5.41) is 0. The Labute approximate surface area is 129 Å². The van der Waals surface area contributed by atoms with Gasteiger partial charge in [-0.1, -0.05) is 18.2 Å². The van der Waals surface area contributed by atoms with Crippen LogP contribution in [-0.2, 0) is 6.42 Å². The lowest BCUT2D eigenvalue weighted by atomic mass is 9.99. The molecule has 0 aromatic heterocycles. The van der Waals surface area contributed by atoms with Gasteiger partial charge in [-0.2, -0.15) is 0 Å². The van der Waals surface area contributed by atoms with E-state index in [4.69, 9.17) is 14.2 Å². The summed E-state index contributed by atoms with van der Waals surface area (Å²) in [5.74, 6) is 2.04. The Morgan fingerprint density at radius 2 is 1.50 bits per heavy atom. The zero-order valence-corrected chi connectivity index (χ0v) is 12.9. The highest BCUT2D eigenvalue weighted by atomic mass is 16.5. The second-order valence-corrected chi connectivity index (χ2v) is 5.21. The highest BCUT2D eigenvalue weighted by Crippen LogP contribution is 2.41. The van der Waals surface area contributed by atoms with E-state index in [1.807, 2.05) is 24.3 Å². The minimum Gasteiger partial charge on any atom is -0.493 e. The highest BCUT2D eigenvalue weighted by Gasteiger charge is 2.20. The summed E-state index contributed by atoms with van der Waals surface area (Å²) in [7, 11) is 4.78. The third kappa shape index (κ3) is 2.30. The molecule has 3 rings (SSSR count).